The number of halogens is 1. The van der Waals surface area contributed by atoms with Crippen molar-refractivity contribution in [3.63, 3.8) is 0 Å². The van der Waals surface area contributed by atoms with E-state index in [-0.39, 0.29) is 23.6 Å². The molecular weight excluding hydrogens is 375 g/mol. The second-order valence-corrected chi connectivity index (χ2v) is 5.43. The zero-order chi connectivity index (χ0) is 20.7. The molecule has 28 heavy (non-hydrogen) atoms. The van der Waals surface area contributed by atoms with Gasteiger partial charge in [-0.05, 0) is 6.07 Å². The van der Waals surface area contributed by atoms with Crippen molar-refractivity contribution in [3.8, 4) is 11.5 Å². The number of nitrogens with zero attached hydrogens (tertiary/aromatic N) is 1. The first kappa shape index (κ1) is 20.6. The number of nitro groups is 1. The highest BCUT2D eigenvalue weighted by Gasteiger charge is 2.26. The van der Waals surface area contributed by atoms with Gasteiger partial charge in [0.1, 0.15) is 11.4 Å². The summed E-state index contributed by atoms with van der Waals surface area (Å²) in [5.74, 6) is -2.12. The van der Waals surface area contributed by atoms with Crippen LogP contribution < -0.4 is 14.8 Å². The van der Waals surface area contributed by atoms with Crippen molar-refractivity contribution in [3.05, 3.63) is 63.5 Å². The van der Waals surface area contributed by atoms with Crippen LogP contribution in [0.4, 0.5) is 10.1 Å². The van der Waals surface area contributed by atoms with Gasteiger partial charge in [0.15, 0.2) is 18.1 Å². The molecule has 0 saturated heterocycles. The lowest BCUT2D eigenvalue weighted by Crippen LogP contribution is -2.28. The Bertz CT molecular complexity index is 901. The van der Waals surface area contributed by atoms with Crippen LogP contribution in [0.1, 0.15) is 15.9 Å². The number of hydrogen-bond acceptors (Lipinski definition) is 7. The highest BCUT2D eigenvalue weighted by Crippen LogP contribution is 2.34. The van der Waals surface area contributed by atoms with Crippen molar-refractivity contribution >= 4 is 17.6 Å². The lowest BCUT2D eigenvalue weighted by atomic mass is 10.1. The van der Waals surface area contributed by atoms with E-state index in [9.17, 15) is 24.1 Å². The fraction of sp³-hybridized carbons (Fsp3) is 0.222. The highest BCUT2D eigenvalue weighted by molar-refractivity contribution is 5.96. The average Bonchev–Trinajstić information content (AvgIpc) is 2.70. The maximum Gasteiger partial charge on any atom is 0.345 e. The summed E-state index contributed by atoms with van der Waals surface area (Å²) in [6.07, 6.45) is 0. The number of hydrogen-bond donors (Lipinski definition) is 1. The van der Waals surface area contributed by atoms with E-state index in [4.69, 9.17) is 14.2 Å². The molecule has 0 radical (unpaired) electrons. The fourth-order valence-corrected chi connectivity index (χ4v) is 2.28. The number of benzene rings is 2. The van der Waals surface area contributed by atoms with Crippen LogP contribution in [-0.2, 0) is 16.1 Å². The Hall–Kier alpha value is -3.69. The Labute approximate surface area is 159 Å². The predicted molar refractivity (Wildman–Crippen MR) is 94.7 cm³/mol. The first-order chi connectivity index (χ1) is 13.4. The minimum absolute atomic E-state index is 0.0633. The Kier molecular flexibility index (Phi) is 6.85. The molecule has 9 nitrogen and oxygen atoms in total. The predicted octanol–water partition coefficient (Wildman–Crippen LogP) is 2.22. The summed E-state index contributed by atoms with van der Waals surface area (Å²) in [4.78, 5) is 34.5. The SMILES string of the molecule is COc1cc(C(=O)OCC(=O)NCc2ccccc2F)c([N+](=O)[O-])cc1OC. The molecule has 148 valence electrons. The number of ether oxygens (including phenoxy) is 3. The molecule has 0 fully saturated rings. The third kappa shape index (κ3) is 4.93. The maximum atomic E-state index is 13.5. The van der Waals surface area contributed by atoms with E-state index >= 15 is 0 Å². The number of amides is 1. The largest absolute Gasteiger partial charge is 0.493 e. The summed E-state index contributed by atoms with van der Waals surface area (Å²) in [6, 6.07) is 7.98. The van der Waals surface area contributed by atoms with Gasteiger partial charge >= 0.3 is 5.97 Å². The van der Waals surface area contributed by atoms with E-state index in [1.807, 2.05) is 0 Å². The smallest absolute Gasteiger partial charge is 0.345 e. The first-order valence-corrected chi connectivity index (χ1v) is 7.95. The second-order valence-electron chi connectivity index (χ2n) is 5.43. The quantitative estimate of drug-likeness (QED) is 0.416. The normalized spacial score (nSPS) is 10.1. The van der Waals surface area contributed by atoms with Gasteiger partial charge in [0, 0.05) is 18.2 Å². The Balaban J connectivity index is 2.05. The monoisotopic (exact) mass is 392 g/mol. The van der Waals surface area contributed by atoms with Crippen molar-refractivity contribution in [2.24, 2.45) is 0 Å². The Morgan fingerprint density at radius 1 is 1.14 bits per heavy atom. The van der Waals surface area contributed by atoms with Crippen LogP contribution in [0.25, 0.3) is 0 Å². The third-order valence-electron chi connectivity index (χ3n) is 3.69. The molecule has 1 N–H and O–H groups in total. The fourth-order valence-electron chi connectivity index (χ4n) is 2.28. The van der Waals surface area contributed by atoms with Crippen molar-refractivity contribution in [1.29, 1.82) is 0 Å². The molecule has 0 unspecified atom stereocenters. The first-order valence-electron chi connectivity index (χ1n) is 7.95. The second kappa shape index (κ2) is 9.31. The van der Waals surface area contributed by atoms with Crippen LogP contribution in [0.15, 0.2) is 36.4 Å². The molecule has 0 aliphatic heterocycles. The van der Waals surface area contributed by atoms with Gasteiger partial charge in [-0.3, -0.25) is 14.9 Å². The van der Waals surface area contributed by atoms with Gasteiger partial charge in [0.2, 0.25) is 0 Å². The zero-order valence-electron chi connectivity index (χ0n) is 15.1. The van der Waals surface area contributed by atoms with Gasteiger partial charge in [-0.15, -0.1) is 0 Å². The van der Waals surface area contributed by atoms with E-state index in [2.05, 4.69) is 5.32 Å². The number of rotatable bonds is 8. The molecule has 0 aromatic heterocycles. The third-order valence-corrected chi connectivity index (χ3v) is 3.69. The summed E-state index contributed by atoms with van der Waals surface area (Å²) in [5, 5.41) is 13.6. The summed E-state index contributed by atoms with van der Waals surface area (Å²) in [6.45, 7) is -0.793. The van der Waals surface area contributed by atoms with Gasteiger partial charge in [-0.2, -0.15) is 0 Å². The molecule has 0 saturated carbocycles. The molecule has 0 bridgehead atoms. The number of nitro benzene ring substituents is 1. The molecule has 0 heterocycles. The van der Waals surface area contributed by atoms with E-state index in [0.717, 1.165) is 12.1 Å². The number of carbonyl (C=O) groups excluding carboxylic acids is 2. The van der Waals surface area contributed by atoms with Gasteiger partial charge < -0.3 is 19.5 Å². The number of nitrogens with one attached hydrogen (secondary N) is 1. The summed E-state index contributed by atoms with van der Waals surface area (Å²) >= 11 is 0. The summed E-state index contributed by atoms with van der Waals surface area (Å²) in [7, 11) is 2.59. The van der Waals surface area contributed by atoms with Gasteiger partial charge in [0.05, 0.1) is 25.2 Å². The summed E-state index contributed by atoms with van der Waals surface area (Å²) in [5.41, 5.74) is -0.698. The minimum Gasteiger partial charge on any atom is -0.493 e. The van der Waals surface area contributed by atoms with Crippen molar-refractivity contribution in [2.45, 2.75) is 6.54 Å². The van der Waals surface area contributed by atoms with Crippen LogP contribution in [0.3, 0.4) is 0 Å². The van der Waals surface area contributed by atoms with E-state index in [0.29, 0.717) is 0 Å². The van der Waals surface area contributed by atoms with Crippen molar-refractivity contribution in [1.82, 2.24) is 5.32 Å². The zero-order valence-corrected chi connectivity index (χ0v) is 15.1. The summed E-state index contributed by atoms with van der Waals surface area (Å²) < 4.78 is 28.3. The van der Waals surface area contributed by atoms with Crippen LogP contribution in [-0.4, -0.2) is 37.6 Å². The lowest BCUT2D eigenvalue weighted by molar-refractivity contribution is -0.385. The molecule has 0 spiro atoms. The van der Waals surface area contributed by atoms with Crippen molar-refractivity contribution in [2.75, 3.05) is 20.8 Å². The van der Waals surface area contributed by atoms with Crippen LogP contribution >= 0.6 is 0 Å². The average molecular weight is 392 g/mol. The molecule has 1 amide bonds. The maximum absolute atomic E-state index is 13.5. The Morgan fingerprint density at radius 2 is 1.79 bits per heavy atom. The number of methoxy groups -OCH3 is 2. The van der Waals surface area contributed by atoms with Crippen LogP contribution in [0.2, 0.25) is 0 Å². The van der Waals surface area contributed by atoms with Crippen molar-refractivity contribution < 1.29 is 33.1 Å². The molecular formula is C18H17FN2O7. The van der Waals surface area contributed by atoms with E-state index in [1.54, 1.807) is 6.07 Å². The minimum atomic E-state index is -1.09. The van der Waals surface area contributed by atoms with E-state index < -0.39 is 40.5 Å². The molecule has 0 aliphatic carbocycles. The van der Waals surface area contributed by atoms with E-state index in [1.165, 1.54) is 32.4 Å². The Morgan fingerprint density at radius 3 is 2.39 bits per heavy atom. The highest BCUT2D eigenvalue weighted by atomic mass is 19.1. The van der Waals surface area contributed by atoms with Gasteiger partial charge in [-0.1, -0.05) is 18.2 Å². The number of carbonyl (C=O) groups is 2. The molecule has 2 aromatic rings. The van der Waals surface area contributed by atoms with Crippen LogP contribution in [0.5, 0.6) is 11.5 Å². The number of esters is 1. The van der Waals surface area contributed by atoms with Gasteiger partial charge in [0.25, 0.3) is 11.6 Å². The lowest BCUT2D eigenvalue weighted by Gasteiger charge is -2.11. The molecule has 2 rings (SSSR count). The molecule has 10 heteroatoms. The topological polar surface area (TPSA) is 117 Å². The van der Waals surface area contributed by atoms with Gasteiger partial charge in [-0.25, -0.2) is 9.18 Å². The van der Waals surface area contributed by atoms with Crippen LogP contribution in [0, 0.1) is 15.9 Å². The molecule has 0 aliphatic rings. The standard InChI is InChI=1S/C18H17FN2O7/c1-26-15-7-12(14(21(24)25)8-16(15)27-2)18(23)28-10-17(22)20-9-11-5-3-4-6-13(11)19/h3-8H,9-10H2,1-2H3,(H,20,22). The molecule has 0 atom stereocenters. The molecule has 2 aromatic carbocycles.